The largest absolute Gasteiger partial charge is 0.343 e. The van der Waals surface area contributed by atoms with Gasteiger partial charge in [-0.25, -0.2) is 26.6 Å². The highest BCUT2D eigenvalue weighted by Crippen LogP contribution is 2.37. The topological polar surface area (TPSA) is 127 Å². The Bertz CT molecular complexity index is 1740. The van der Waals surface area contributed by atoms with E-state index in [0.29, 0.717) is 16.9 Å². The molecule has 0 aliphatic heterocycles. The molecule has 0 aliphatic rings. The molecule has 35 heavy (non-hydrogen) atoms. The molecule has 3 N–H and O–H groups in total. The fourth-order valence-corrected chi connectivity index (χ4v) is 4.91. The van der Waals surface area contributed by atoms with Crippen LogP contribution in [0.15, 0.2) is 65.8 Å². The molecule has 2 aromatic heterocycles. The molecule has 2 heterocycles. The number of anilines is 1. The van der Waals surface area contributed by atoms with Crippen LogP contribution in [0.25, 0.3) is 33.5 Å². The van der Waals surface area contributed by atoms with E-state index in [4.69, 9.17) is 0 Å². The standard InChI is InChI=1S/C23H13F3N6O2S/c24-15-7-8-16(32-35(33,34)17-4-2-1-3-12(17)11-27)20(26)18(15)13-5-6-14-21(19(13)25)30-31-22(14)23-28-9-10-29-23/h1-10,32H,(H,28,29)(H,30,31). The number of benzene rings is 3. The van der Waals surface area contributed by atoms with Crippen LogP contribution in [0.2, 0.25) is 0 Å². The van der Waals surface area contributed by atoms with Gasteiger partial charge in [-0.1, -0.05) is 18.2 Å². The average Bonchev–Trinajstić information content (AvgIpc) is 3.52. The van der Waals surface area contributed by atoms with Crippen molar-refractivity contribution in [1.29, 1.82) is 5.26 Å². The molecule has 0 spiro atoms. The summed E-state index contributed by atoms with van der Waals surface area (Å²) in [6, 6.07) is 11.4. The van der Waals surface area contributed by atoms with Gasteiger partial charge in [0.1, 0.15) is 28.0 Å². The maximum Gasteiger partial charge on any atom is 0.263 e. The molecule has 0 unspecified atom stereocenters. The molecule has 0 bridgehead atoms. The maximum atomic E-state index is 15.4. The number of nitrogens with zero attached hydrogens (tertiary/aromatic N) is 3. The Hall–Kier alpha value is -4.63. The number of sulfonamides is 1. The van der Waals surface area contributed by atoms with E-state index >= 15 is 8.78 Å². The highest BCUT2D eigenvalue weighted by atomic mass is 32.2. The minimum atomic E-state index is -4.41. The van der Waals surface area contributed by atoms with E-state index < -0.39 is 44.3 Å². The highest BCUT2D eigenvalue weighted by Gasteiger charge is 2.25. The normalized spacial score (nSPS) is 11.5. The van der Waals surface area contributed by atoms with Crippen LogP contribution in [-0.2, 0) is 10.0 Å². The first-order chi connectivity index (χ1) is 16.8. The Morgan fingerprint density at radius 2 is 1.80 bits per heavy atom. The molecular formula is C23H13F3N6O2S. The van der Waals surface area contributed by atoms with Gasteiger partial charge in [-0.15, -0.1) is 0 Å². The molecule has 8 nitrogen and oxygen atoms in total. The van der Waals surface area contributed by atoms with Crippen LogP contribution < -0.4 is 4.72 Å². The number of H-pyrrole nitrogens is 2. The van der Waals surface area contributed by atoms with E-state index in [1.807, 2.05) is 4.72 Å². The molecule has 0 aliphatic carbocycles. The summed E-state index contributed by atoms with van der Waals surface area (Å²) in [5.41, 5.74) is -1.81. The van der Waals surface area contributed by atoms with Crippen molar-refractivity contribution >= 4 is 26.6 Å². The molecular weight excluding hydrogens is 481 g/mol. The summed E-state index contributed by atoms with van der Waals surface area (Å²) in [4.78, 5) is 6.55. The molecule has 174 valence electrons. The number of fused-ring (bicyclic) bond motifs is 1. The van der Waals surface area contributed by atoms with Gasteiger partial charge in [-0.2, -0.15) is 10.4 Å². The van der Waals surface area contributed by atoms with Gasteiger partial charge in [0, 0.05) is 23.3 Å². The molecule has 5 aromatic rings. The third kappa shape index (κ3) is 3.68. The zero-order valence-electron chi connectivity index (χ0n) is 17.5. The van der Waals surface area contributed by atoms with E-state index in [-0.39, 0.29) is 16.0 Å². The molecule has 0 saturated carbocycles. The lowest BCUT2D eigenvalue weighted by Crippen LogP contribution is -2.16. The Balaban J connectivity index is 1.61. The molecule has 5 rings (SSSR count). The number of aromatic nitrogens is 4. The van der Waals surface area contributed by atoms with Crippen LogP contribution in [0.5, 0.6) is 0 Å². The summed E-state index contributed by atoms with van der Waals surface area (Å²) < 4.78 is 73.1. The maximum absolute atomic E-state index is 15.4. The van der Waals surface area contributed by atoms with E-state index in [2.05, 4.69) is 20.2 Å². The van der Waals surface area contributed by atoms with E-state index in [1.165, 1.54) is 42.6 Å². The molecule has 0 fully saturated rings. The highest BCUT2D eigenvalue weighted by molar-refractivity contribution is 7.92. The second kappa shape index (κ2) is 8.30. The number of nitriles is 1. The fourth-order valence-electron chi connectivity index (χ4n) is 3.69. The van der Waals surface area contributed by atoms with E-state index in [0.717, 1.165) is 12.1 Å². The minimum absolute atomic E-state index is 0.162. The summed E-state index contributed by atoms with van der Waals surface area (Å²) >= 11 is 0. The lowest BCUT2D eigenvalue weighted by molar-refractivity contribution is 0.583. The first kappa shape index (κ1) is 22.2. The van der Waals surface area contributed by atoms with E-state index in [1.54, 1.807) is 12.3 Å². The minimum Gasteiger partial charge on any atom is -0.343 e. The van der Waals surface area contributed by atoms with Crippen LogP contribution in [0.3, 0.4) is 0 Å². The first-order valence-electron chi connectivity index (χ1n) is 9.98. The van der Waals surface area contributed by atoms with Gasteiger partial charge in [0.05, 0.1) is 16.8 Å². The summed E-state index contributed by atoms with van der Waals surface area (Å²) in [5.74, 6) is -3.05. The van der Waals surface area contributed by atoms with Crippen molar-refractivity contribution < 1.29 is 21.6 Å². The fraction of sp³-hybridized carbons (Fsp3) is 0. The van der Waals surface area contributed by atoms with Gasteiger partial charge in [0.15, 0.2) is 17.5 Å². The van der Waals surface area contributed by atoms with Crippen molar-refractivity contribution in [2.24, 2.45) is 0 Å². The SMILES string of the molecule is N#Cc1ccccc1S(=O)(=O)Nc1ccc(F)c(-c2ccc3c(-c4ncc[nH]4)[nH]nc3c2F)c1F. The molecule has 3 aromatic carbocycles. The zero-order valence-corrected chi connectivity index (χ0v) is 18.3. The van der Waals surface area contributed by atoms with Crippen molar-refractivity contribution in [2.75, 3.05) is 4.72 Å². The van der Waals surface area contributed by atoms with Crippen molar-refractivity contribution in [1.82, 2.24) is 20.2 Å². The molecule has 0 saturated heterocycles. The van der Waals surface area contributed by atoms with Crippen molar-refractivity contribution in [3.8, 4) is 28.7 Å². The number of halogens is 3. The van der Waals surface area contributed by atoms with Crippen LogP contribution in [0, 0.1) is 28.8 Å². The molecule has 0 atom stereocenters. The summed E-state index contributed by atoms with van der Waals surface area (Å²) in [6.07, 6.45) is 3.07. The lowest BCUT2D eigenvalue weighted by Gasteiger charge is -2.14. The third-order valence-corrected chi connectivity index (χ3v) is 6.73. The lowest BCUT2D eigenvalue weighted by atomic mass is 10.0. The van der Waals surface area contributed by atoms with Gasteiger partial charge in [0.25, 0.3) is 10.0 Å². The van der Waals surface area contributed by atoms with Crippen LogP contribution in [0.4, 0.5) is 18.9 Å². The Kier molecular flexibility index (Phi) is 5.26. The van der Waals surface area contributed by atoms with Crippen LogP contribution >= 0.6 is 0 Å². The molecule has 0 amide bonds. The third-order valence-electron chi connectivity index (χ3n) is 5.30. The predicted octanol–water partition coefficient (Wildman–Crippen LogP) is 4.71. The van der Waals surface area contributed by atoms with Gasteiger partial charge >= 0.3 is 0 Å². The average molecular weight is 494 g/mol. The molecule has 0 radical (unpaired) electrons. The second-order valence-electron chi connectivity index (χ2n) is 7.36. The van der Waals surface area contributed by atoms with Gasteiger partial charge in [0.2, 0.25) is 0 Å². The Morgan fingerprint density at radius 3 is 2.54 bits per heavy atom. The van der Waals surface area contributed by atoms with Crippen molar-refractivity contribution in [3.63, 3.8) is 0 Å². The van der Waals surface area contributed by atoms with Gasteiger partial charge in [-0.3, -0.25) is 9.82 Å². The predicted molar refractivity (Wildman–Crippen MR) is 121 cm³/mol. The van der Waals surface area contributed by atoms with Crippen molar-refractivity contribution in [3.05, 3.63) is 83.9 Å². The van der Waals surface area contributed by atoms with E-state index in [9.17, 15) is 18.1 Å². The zero-order chi connectivity index (χ0) is 24.7. The monoisotopic (exact) mass is 494 g/mol. The number of nitrogens with one attached hydrogen (secondary N) is 3. The molecule has 12 heteroatoms. The van der Waals surface area contributed by atoms with Crippen molar-refractivity contribution in [2.45, 2.75) is 4.90 Å². The van der Waals surface area contributed by atoms with Crippen LogP contribution in [-0.4, -0.2) is 28.6 Å². The summed E-state index contributed by atoms with van der Waals surface area (Å²) in [6.45, 7) is 0. The van der Waals surface area contributed by atoms with Gasteiger partial charge in [-0.05, 0) is 30.3 Å². The van der Waals surface area contributed by atoms with Gasteiger partial charge < -0.3 is 4.98 Å². The van der Waals surface area contributed by atoms with Crippen LogP contribution in [0.1, 0.15) is 5.56 Å². The first-order valence-corrected chi connectivity index (χ1v) is 11.5. The summed E-state index contributed by atoms with van der Waals surface area (Å²) in [7, 11) is -4.41. The quantitative estimate of drug-likeness (QED) is 0.326. The Morgan fingerprint density at radius 1 is 1.00 bits per heavy atom. The number of hydrogen-bond acceptors (Lipinski definition) is 5. The number of imidazole rings is 1. The number of hydrogen-bond donors (Lipinski definition) is 3. The Labute approximate surface area is 196 Å². The smallest absolute Gasteiger partial charge is 0.263 e. The number of aromatic amines is 2. The second-order valence-corrected chi connectivity index (χ2v) is 9.01. The number of rotatable bonds is 5. The summed E-state index contributed by atoms with van der Waals surface area (Å²) in [5, 5.41) is 16.1.